The number of ketones is 1. The van der Waals surface area contributed by atoms with Crippen LogP contribution in [0.1, 0.15) is 36.9 Å². The van der Waals surface area contributed by atoms with Crippen molar-refractivity contribution < 1.29 is 33.6 Å². The van der Waals surface area contributed by atoms with Crippen molar-refractivity contribution in [1.82, 2.24) is 4.90 Å². The van der Waals surface area contributed by atoms with Crippen LogP contribution in [0, 0.1) is 0 Å². The number of hydrogen-bond acceptors (Lipinski definition) is 7. The lowest BCUT2D eigenvalue weighted by molar-refractivity contribution is -0.140. The first-order chi connectivity index (χ1) is 16.5. The molecule has 0 aromatic heterocycles. The molecule has 0 spiro atoms. The summed E-state index contributed by atoms with van der Waals surface area (Å²) in [7, 11) is 4.62. The molecule has 2 aromatic rings. The lowest BCUT2D eigenvalue weighted by Gasteiger charge is -2.26. The van der Waals surface area contributed by atoms with Crippen LogP contribution in [0.5, 0.6) is 17.2 Å². The van der Waals surface area contributed by atoms with Gasteiger partial charge in [0.15, 0.2) is 11.5 Å². The van der Waals surface area contributed by atoms with E-state index in [4.69, 9.17) is 18.9 Å². The average molecular weight is 470 g/mol. The monoisotopic (exact) mass is 469 g/mol. The third-order valence-electron chi connectivity index (χ3n) is 5.59. The molecule has 1 unspecified atom stereocenters. The Bertz CT molecular complexity index is 1060. The molecule has 8 nitrogen and oxygen atoms in total. The number of likely N-dealkylation sites (tertiary alicyclic amines) is 1. The van der Waals surface area contributed by atoms with Crippen molar-refractivity contribution >= 4 is 17.4 Å². The molecule has 8 heteroatoms. The van der Waals surface area contributed by atoms with Crippen LogP contribution in [-0.2, 0) is 14.3 Å². The molecule has 1 fully saturated rings. The van der Waals surface area contributed by atoms with Gasteiger partial charge in [0.2, 0.25) is 0 Å². The molecule has 1 amide bonds. The molecule has 1 heterocycles. The first-order valence-corrected chi connectivity index (χ1v) is 11.2. The first kappa shape index (κ1) is 25.1. The molecular weight excluding hydrogens is 438 g/mol. The van der Waals surface area contributed by atoms with Crippen molar-refractivity contribution in [2.24, 2.45) is 0 Å². The second-order valence-electron chi connectivity index (χ2n) is 7.83. The molecule has 182 valence electrons. The molecule has 1 atom stereocenters. The number of Topliss-reactive ketones (excluding diaryl/α,β-unsaturated/α-hetero) is 1. The second kappa shape index (κ2) is 11.6. The van der Waals surface area contributed by atoms with Crippen molar-refractivity contribution in [3.63, 3.8) is 0 Å². The quantitative estimate of drug-likeness (QED) is 0.230. The summed E-state index contributed by atoms with van der Waals surface area (Å²) in [5.41, 5.74) is 1.03. The zero-order valence-corrected chi connectivity index (χ0v) is 20.0. The fourth-order valence-electron chi connectivity index (χ4n) is 3.97. The lowest BCUT2D eigenvalue weighted by Crippen LogP contribution is -2.31. The molecule has 1 aliphatic heterocycles. The van der Waals surface area contributed by atoms with Crippen LogP contribution in [0.2, 0.25) is 0 Å². The minimum atomic E-state index is -0.795. The summed E-state index contributed by atoms with van der Waals surface area (Å²) in [5, 5.41) is 11.3. The predicted octanol–water partition coefficient (Wildman–Crippen LogP) is 3.95. The van der Waals surface area contributed by atoms with Gasteiger partial charge in [-0.05, 0) is 42.7 Å². The normalized spacial score (nSPS) is 17.2. The molecule has 0 bridgehead atoms. The van der Waals surface area contributed by atoms with Gasteiger partial charge in [-0.1, -0.05) is 25.1 Å². The van der Waals surface area contributed by atoms with Gasteiger partial charge in [-0.2, -0.15) is 0 Å². The maximum Gasteiger partial charge on any atom is 0.295 e. The number of methoxy groups -OCH3 is 3. The van der Waals surface area contributed by atoms with Crippen molar-refractivity contribution in [3.05, 3.63) is 59.2 Å². The van der Waals surface area contributed by atoms with Crippen molar-refractivity contribution in [2.75, 3.05) is 41.1 Å². The summed E-state index contributed by atoms with van der Waals surface area (Å²) < 4.78 is 21.6. The Morgan fingerprint density at radius 1 is 1.00 bits per heavy atom. The van der Waals surface area contributed by atoms with Crippen LogP contribution in [0.25, 0.3) is 5.76 Å². The molecule has 1 N–H and O–H groups in total. The summed E-state index contributed by atoms with van der Waals surface area (Å²) in [6, 6.07) is 11.2. The van der Waals surface area contributed by atoms with Crippen LogP contribution < -0.4 is 14.2 Å². The number of nitrogens with zero attached hydrogens (tertiary/aromatic N) is 1. The van der Waals surface area contributed by atoms with E-state index in [0.29, 0.717) is 48.0 Å². The van der Waals surface area contributed by atoms with E-state index in [1.54, 1.807) is 49.6 Å². The van der Waals surface area contributed by atoms with Crippen LogP contribution >= 0.6 is 0 Å². The van der Waals surface area contributed by atoms with Gasteiger partial charge >= 0.3 is 0 Å². The first-order valence-electron chi connectivity index (χ1n) is 11.2. The fraction of sp³-hybridized carbons (Fsp3) is 0.385. The van der Waals surface area contributed by atoms with E-state index >= 15 is 0 Å². The van der Waals surface area contributed by atoms with Crippen molar-refractivity contribution in [3.8, 4) is 17.2 Å². The smallest absolute Gasteiger partial charge is 0.295 e. The minimum absolute atomic E-state index is 0.0160. The molecule has 2 aromatic carbocycles. The van der Waals surface area contributed by atoms with E-state index in [1.165, 1.54) is 19.1 Å². The lowest BCUT2D eigenvalue weighted by atomic mass is 9.95. The molecule has 0 saturated carbocycles. The summed E-state index contributed by atoms with van der Waals surface area (Å²) in [5.74, 6) is -0.122. The topological polar surface area (TPSA) is 94.5 Å². The standard InChI is InChI=1S/C26H31NO7/c1-5-13-34-19-9-6-8-18(15-19)24(28)22-23(17-10-11-20(32-3)21(16-17)33-4)27(12-7-14-31-2)26(30)25(22)29/h6,8-11,15-16,23,28H,5,7,12-14H2,1-4H3. The molecule has 0 radical (unpaired) electrons. The van der Waals surface area contributed by atoms with Crippen LogP contribution in [0.3, 0.4) is 0 Å². The van der Waals surface area contributed by atoms with Gasteiger partial charge in [0.05, 0.1) is 32.4 Å². The highest BCUT2D eigenvalue weighted by molar-refractivity contribution is 6.46. The third-order valence-corrected chi connectivity index (χ3v) is 5.59. The van der Waals surface area contributed by atoms with E-state index in [2.05, 4.69) is 0 Å². The number of benzene rings is 2. The maximum absolute atomic E-state index is 13.2. The van der Waals surface area contributed by atoms with Crippen LogP contribution in [0.15, 0.2) is 48.0 Å². The van der Waals surface area contributed by atoms with Crippen LogP contribution in [-0.4, -0.2) is 62.8 Å². The Morgan fingerprint density at radius 3 is 2.44 bits per heavy atom. The maximum atomic E-state index is 13.2. The molecular formula is C26H31NO7. The predicted molar refractivity (Wildman–Crippen MR) is 127 cm³/mol. The van der Waals surface area contributed by atoms with Gasteiger partial charge in [-0.15, -0.1) is 0 Å². The number of hydrogen-bond donors (Lipinski definition) is 1. The van der Waals surface area contributed by atoms with Crippen LogP contribution in [0.4, 0.5) is 0 Å². The van der Waals surface area contributed by atoms with E-state index in [-0.39, 0.29) is 17.9 Å². The van der Waals surface area contributed by atoms with Gasteiger partial charge in [0.1, 0.15) is 11.5 Å². The number of aliphatic hydroxyl groups excluding tert-OH is 1. The van der Waals surface area contributed by atoms with Gasteiger partial charge in [0.25, 0.3) is 11.7 Å². The summed E-state index contributed by atoms with van der Waals surface area (Å²) >= 11 is 0. The highest BCUT2D eigenvalue weighted by atomic mass is 16.5. The largest absolute Gasteiger partial charge is 0.507 e. The zero-order valence-electron chi connectivity index (χ0n) is 20.0. The highest BCUT2D eigenvalue weighted by Gasteiger charge is 2.46. The summed E-state index contributed by atoms with van der Waals surface area (Å²) in [4.78, 5) is 27.6. The summed E-state index contributed by atoms with van der Waals surface area (Å²) in [6.45, 7) is 3.24. The molecule has 1 saturated heterocycles. The number of rotatable bonds is 11. The van der Waals surface area contributed by atoms with Gasteiger partial charge < -0.3 is 29.0 Å². The highest BCUT2D eigenvalue weighted by Crippen LogP contribution is 2.42. The molecule has 1 aliphatic rings. The Labute approximate surface area is 199 Å². The molecule has 3 rings (SSSR count). The molecule has 34 heavy (non-hydrogen) atoms. The van der Waals surface area contributed by atoms with E-state index in [9.17, 15) is 14.7 Å². The fourth-order valence-corrected chi connectivity index (χ4v) is 3.97. The Morgan fingerprint density at radius 2 is 1.76 bits per heavy atom. The average Bonchev–Trinajstić information content (AvgIpc) is 3.11. The van der Waals surface area contributed by atoms with Gasteiger partial charge in [0, 0.05) is 25.8 Å². The second-order valence-corrected chi connectivity index (χ2v) is 7.83. The molecule has 0 aliphatic carbocycles. The van der Waals surface area contributed by atoms with Gasteiger partial charge in [-0.25, -0.2) is 0 Å². The van der Waals surface area contributed by atoms with Gasteiger partial charge in [-0.3, -0.25) is 9.59 Å². The minimum Gasteiger partial charge on any atom is -0.507 e. The van der Waals surface area contributed by atoms with Crippen molar-refractivity contribution in [1.29, 1.82) is 0 Å². The number of carbonyl (C=O) groups excluding carboxylic acids is 2. The van der Waals surface area contributed by atoms with Crippen molar-refractivity contribution in [2.45, 2.75) is 25.8 Å². The number of amides is 1. The van der Waals surface area contributed by atoms with E-state index in [0.717, 1.165) is 6.42 Å². The number of aliphatic hydroxyl groups is 1. The number of ether oxygens (including phenoxy) is 4. The third kappa shape index (κ3) is 5.17. The number of carbonyl (C=O) groups is 2. The Kier molecular flexibility index (Phi) is 8.54. The van der Waals surface area contributed by atoms with E-state index in [1.807, 2.05) is 6.92 Å². The zero-order chi connectivity index (χ0) is 24.7. The SMILES string of the molecule is CCCOc1cccc(C(O)=C2C(=O)C(=O)N(CCCOC)C2c2ccc(OC)c(OC)c2)c1. The summed E-state index contributed by atoms with van der Waals surface area (Å²) in [6.07, 6.45) is 1.37. The Hall–Kier alpha value is -3.52. The Balaban J connectivity index is 2.13. The van der Waals surface area contributed by atoms with E-state index < -0.39 is 17.7 Å².